The maximum Gasteiger partial charge on any atom is 0.207 e. The van der Waals surface area contributed by atoms with E-state index in [0.29, 0.717) is 36.1 Å². The highest BCUT2D eigenvalue weighted by Crippen LogP contribution is 2.58. The second-order valence-corrected chi connectivity index (χ2v) is 12.3. The minimum absolute atomic E-state index is 0.0964. The van der Waals surface area contributed by atoms with Gasteiger partial charge in [-0.25, -0.2) is 8.42 Å². The molecule has 0 aromatic heterocycles. The van der Waals surface area contributed by atoms with Crippen molar-refractivity contribution in [3.05, 3.63) is 24.3 Å². The molecule has 2 unspecified atom stereocenters. The van der Waals surface area contributed by atoms with Crippen LogP contribution in [0.3, 0.4) is 0 Å². The van der Waals surface area contributed by atoms with Gasteiger partial charge in [-0.15, -0.1) is 0 Å². The molecule has 1 aromatic carbocycles. The number of para-hydroxylation sites is 2. The Bertz CT molecular complexity index is 1010. The van der Waals surface area contributed by atoms with Crippen LogP contribution in [0.15, 0.2) is 29.3 Å². The molecule has 0 saturated heterocycles. The highest BCUT2D eigenvalue weighted by atomic mass is 32.2. The number of nitrogens with zero attached hydrogens (tertiary/aromatic N) is 2. The number of methoxy groups -OCH3 is 1. The van der Waals surface area contributed by atoms with E-state index in [2.05, 4.69) is 10.3 Å². The quantitative estimate of drug-likeness (QED) is 0.410. The Morgan fingerprint density at radius 2 is 1.81 bits per heavy atom. The molecule has 31 heavy (non-hydrogen) atoms. The fraction of sp³-hybridized carbons (Fsp3) is 0.652. The standard InChI is InChI=1S/C23H31N3O4S/c1-22(2,30-19-8-6-5-7-18(19)29-3)21(25-14-24)26-20-16-9-15-10-17(20)13-23(11-15,12-16)31(4,27)28/h5-8,15-17,20H,9-13H2,1-4H3,(H,25,26). The molecule has 4 fully saturated rings. The molecule has 2 atom stereocenters. The van der Waals surface area contributed by atoms with E-state index in [1.807, 2.05) is 44.3 Å². The van der Waals surface area contributed by atoms with Gasteiger partial charge in [0, 0.05) is 12.3 Å². The van der Waals surface area contributed by atoms with Crippen LogP contribution < -0.4 is 14.8 Å². The summed E-state index contributed by atoms with van der Waals surface area (Å²) in [5.74, 6) is 2.63. The lowest BCUT2D eigenvalue weighted by Crippen LogP contribution is -2.65. The Morgan fingerprint density at radius 3 is 2.35 bits per heavy atom. The molecule has 4 saturated carbocycles. The van der Waals surface area contributed by atoms with E-state index in [4.69, 9.17) is 9.47 Å². The maximum atomic E-state index is 12.6. The van der Waals surface area contributed by atoms with Gasteiger partial charge in [-0.05, 0) is 75.8 Å². The van der Waals surface area contributed by atoms with Gasteiger partial charge in [0.15, 0.2) is 32.8 Å². The van der Waals surface area contributed by atoms with Crippen molar-refractivity contribution in [3.8, 4) is 17.7 Å². The van der Waals surface area contributed by atoms with Crippen molar-refractivity contribution >= 4 is 15.7 Å². The molecule has 0 aliphatic heterocycles. The zero-order valence-corrected chi connectivity index (χ0v) is 19.4. The number of benzene rings is 1. The lowest BCUT2D eigenvalue weighted by molar-refractivity contribution is 0.00457. The number of ether oxygens (including phenoxy) is 2. The van der Waals surface area contributed by atoms with Crippen molar-refractivity contribution in [1.82, 2.24) is 5.32 Å². The van der Waals surface area contributed by atoms with Gasteiger partial charge in [0.2, 0.25) is 6.19 Å². The average molecular weight is 446 g/mol. The maximum absolute atomic E-state index is 12.6. The largest absolute Gasteiger partial charge is 0.493 e. The lowest BCUT2D eigenvalue weighted by Gasteiger charge is -2.59. The minimum Gasteiger partial charge on any atom is -0.493 e. The molecule has 1 N–H and O–H groups in total. The number of hydrogen-bond donors (Lipinski definition) is 1. The van der Waals surface area contributed by atoms with Crippen LogP contribution in [0, 0.1) is 29.2 Å². The molecular formula is C23H31N3O4S. The van der Waals surface area contributed by atoms with Gasteiger partial charge in [0.25, 0.3) is 0 Å². The van der Waals surface area contributed by atoms with Gasteiger partial charge in [0.1, 0.15) is 0 Å². The predicted octanol–water partition coefficient (Wildman–Crippen LogP) is 3.31. The van der Waals surface area contributed by atoms with Crippen LogP contribution in [-0.4, -0.2) is 44.0 Å². The monoisotopic (exact) mass is 445 g/mol. The summed E-state index contributed by atoms with van der Waals surface area (Å²) in [6, 6.07) is 7.48. The van der Waals surface area contributed by atoms with Crippen molar-refractivity contribution in [3.63, 3.8) is 0 Å². The van der Waals surface area contributed by atoms with Gasteiger partial charge < -0.3 is 14.8 Å². The molecule has 5 rings (SSSR count). The summed E-state index contributed by atoms with van der Waals surface area (Å²) in [5.41, 5.74) is -0.895. The van der Waals surface area contributed by atoms with Crippen molar-refractivity contribution in [2.45, 2.75) is 62.3 Å². The zero-order valence-electron chi connectivity index (χ0n) is 18.6. The van der Waals surface area contributed by atoms with Crippen LogP contribution in [0.2, 0.25) is 0 Å². The van der Waals surface area contributed by atoms with Crippen LogP contribution in [0.25, 0.3) is 0 Å². The Kier molecular flexibility index (Phi) is 5.45. The van der Waals surface area contributed by atoms with E-state index in [1.165, 1.54) is 6.26 Å². The van der Waals surface area contributed by atoms with Crippen molar-refractivity contribution < 1.29 is 17.9 Å². The third-order valence-electron chi connectivity index (χ3n) is 7.47. The molecule has 4 bridgehead atoms. The summed E-state index contributed by atoms with van der Waals surface area (Å²) < 4.78 is 36.3. The number of aliphatic imine (C=N–C) groups is 1. The summed E-state index contributed by atoms with van der Waals surface area (Å²) in [6.45, 7) is 3.74. The minimum atomic E-state index is -3.11. The van der Waals surface area contributed by atoms with Crippen LogP contribution in [0.5, 0.6) is 11.5 Å². The molecule has 4 aliphatic carbocycles. The Morgan fingerprint density at radius 1 is 1.19 bits per heavy atom. The SMILES string of the molecule is COc1ccccc1OC(C)(C)/C(=N\C#N)NC1C2CC3CC1CC(S(C)(=O)=O)(C3)C2. The van der Waals surface area contributed by atoms with Crippen molar-refractivity contribution in [1.29, 1.82) is 5.26 Å². The Balaban J connectivity index is 1.57. The molecule has 0 heterocycles. The first-order valence-corrected chi connectivity index (χ1v) is 12.7. The normalized spacial score (nSPS) is 32.4. The number of amidine groups is 1. The lowest BCUT2D eigenvalue weighted by atomic mass is 9.53. The highest BCUT2D eigenvalue weighted by Gasteiger charge is 2.60. The van der Waals surface area contributed by atoms with E-state index < -0.39 is 20.2 Å². The van der Waals surface area contributed by atoms with E-state index >= 15 is 0 Å². The van der Waals surface area contributed by atoms with Gasteiger partial charge >= 0.3 is 0 Å². The summed E-state index contributed by atoms with van der Waals surface area (Å²) in [5, 5.41) is 12.9. The number of nitrogens with one attached hydrogen (secondary N) is 1. The van der Waals surface area contributed by atoms with Gasteiger partial charge in [-0.2, -0.15) is 10.3 Å². The second kappa shape index (κ2) is 7.70. The Labute approximate surface area is 184 Å². The number of sulfone groups is 1. The summed E-state index contributed by atoms with van der Waals surface area (Å²) >= 11 is 0. The smallest absolute Gasteiger partial charge is 0.207 e. The first-order valence-electron chi connectivity index (χ1n) is 10.8. The van der Waals surface area contributed by atoms with Crippen LogP contribution in [0.1, 0.15) is 46.0 Å². The number of hydrogen-bond acceptors (Lipinski definition) is 6. The highest BCUT2D eigenvalue weighted by molar-refractivity contribution is 7.92. The molecular weight excluding hydrogens is 414 g/mol. The van der Waals surface area contributed by atoms with Crippen molar-refractivity contribution in [2.24, 2.45) is 22.7 Å². The average Bonchev–Trinajstić information content (AvgIpc) is 2.68. The molecule has 8 heteroatoms. The zero-order chi connectivity index (χ0) is 22.4. The molecule has 0 radical (unpaired) electrons. The summed E-state index contributed by atoms with van der Waals surface area (Å²) in [6.07, 6.45) is 7.53. The van der Waals surface area contributed by atoms with Gasteiger partial charge in [-0.1, -0.05) is 12.1 Å². The molecule has 4 aliphatic rings. The molecule has 0 amide bonds. The fourth-order valence-electron chi connectivity index (χ4n) is 6.21. The topological polar surface area (TPSA) is 101 Å². The fourth-order valence-corrected chi connectivity index (χ4v) is 7.79. The van der Waals surface area contributed by atoms with E-state index in [9.17, 15) is 13.7 Å². The third-order valence-corrected chi connectivity index (χ3v) is 9.55. The van der Waals surface area contributed by atoms with E-state index in [1.54, 1.807) is 7.11 Å². The second-order valence-electron chi connectivity index (χ2n) is 9.92. The number of rotatable bonds is 6. The summed E-state index contributed by atoms with van der Waals surface area (Å²) in [7, 11) is -1.52. The predicted molar refractivity (Wildman–Crippen MR) is 119 cm³/mol. The first-order chi connectivity index (χ1) is 14.6. The molecule has 0 spiro atoms. The van der Waals surface area contributed by atoms with E-state index in [0.717, 1.165) is 19.3 Å². The Hall–Kier alpha value is -2.27. The molecule has 7 nitrogen and oxygen atoms in total. The third kappa shape index (κ3) is 3.89. The summed E-state index contributed by atoms with van der Waals surface area (Å²) in [4.78, 5) is 4.09. The van der Waals surface area contributed by atoms with Crippen LogP contribution >= 0.6 is 0 Å². The van der Waals surface area contributed by atoms with Crippen LogP contribution in [-0.2, 0) is 9.84 Å². The van der Waals surface area contributed by atoms with Crippen LogP contribution in [0.4, 0.5) is 0 Å². The van der Waals surface area contributed by atoms with E-state index in [-0.39, 0.29) is 17.9 Å². The first kappa shape index (κ1) is 21.9. The number of nitriles is 1. The molecule has 168 valence electrons. The van der Waals surface area contributed by atoms with Gasteiger partial charge in [0.05, 0.1) is 11.9 Å². The van der Waals surface area contributed by atoms with Crippen molar-refractivity contribution in [2.75, 3.05) is 13.4 Å². The van der Waals surface area contributed by atoms with Gasteiger partial charge in [-0.3, -0.25) is 0 Å². The molecule has 1 aromatic rings.